The summed E-state index contributed by atoms with van der Waals surface area (Å²) in [6, 6.07) is 15.2. The van der Waals surface area contributed by atoms with E-state index >= 15 is 0 Å². The Labute approximate surface area is 210 Å². The third-order valence-electron chi connectivity index (χ3n) is 6.87. The van der Waals surface area contributed by atoms with Crippen molar-refractivity contribution in [3.05, 3.63) is 64.6 Å². The molecule has 2 aromatic carbocycles. The van der Waals surface area contributed by atoms with E-state index in [0.29, 0.717) is 30.4 Å². The third kappa shape index (κ3) is 4.43. The largest absolute Gasteiger partial charge is 0.497 e. The molecule has 4 rings (SSSR count). The summed E-state index contributed by atoms with van der Waals surface area (Å²) in [7, 11) is 3.33. The van der Waals surface area contributed by atoms with Crippen molar-refractivity contribution in [2.24, 2.45) is 7.05 Å². The molecule has 2 N–H and O–H groups in total. The van der Waals surface area contributed by atoms with Gasteiger partial charge in [0.15, 0.2) is 0 Å². The first-order valence-electron chi connectivity index (χ1n) is 12.1. The second kappa shape index (κ2) is 9.33. The summed E-state index contributed by atoms with van der Waals surface area (Å²) in [5, 5.41) is 14.1. The summed E-state index contributed by atoms with van der Waals surface area (Å²) in [6.45, 7) is 5.64. The van der Waals surface area contributed by atoms with Crippen LogP contribution < -0.4 is 15.6 Å². The first-order chi connectivity index (χ1) is 17.0. The Hall–Kier alpha value is -3.81. The molecular weight excluding hydrogens is 458 g/mol. The van der Waals surface area contributed by atoms with Crippen LogP contribution in [0.25, 0.3) is 21.9 Å². The lowest BCUT2D eigenvalue weighted by Gasteiger charge is -2.39. The SMILES string of the molecule is COc1ccc2c(=O)n(C)c(CCNC(=O)C3(N(C(=O)O)C(C)(C)C)CC3)c(-c3ccccc3)c2c1. The molecule has 0 aliphatic heterocycles. The normalized spacial score (nSPS) is 14.4. The maximum atomic E-state index is 13.2. The highest BCUT2D eigenvalue weighted by atomic mass is 16.5. The number of carboxylic acid groups (broad SMARTS) is 1. The van der Waals surface area contributed by atoms with E-state index in [9.17, 15) is 19.5 Å². The Morgan fingerprint density at radius 3 is 2.33 bits per heavy atom. The third-order valence-corrected chi connectivity index (χ3v) is 6.87. The molecule has 1 saturated carbocycles. The fourth-order valence-electron chi connectivity index (χ4n) is 5.13. The minimum absolute atomic E-state index is 0.128. The van der Waals surface area contributed by atoms with Gasteiger partial charge in [-0.15, -0.1) is 0 Å². The zero-order chi connectivity index (χ0) is 26.3. The highest BCUT2D eigenvalue weighted by Crippen LogP contribution is 2.45. The number of aromatic nitrogens is 1. The van der Waals surface area contributed by atoms with Gasteiger partial charge < -0.3 is 19.7 Å². The summed E-state index contributed by atoms with van der Waals surface area (Å²) in [6.07, 6.45) is 0.276. The molecule has 0 bridgehead atoms. The molecule has 0 unspecified atom stereocenters. The van der Waals surface area contributed by atoms with Gasteiger partial charge in [-0.2, -0.15) is 0 Å². The number of ether oxygens (including phenoxy) is 1. The molecule has 1 fully saturated rings. The number of carbonyl (C=O) groups is 2. The van der Waals surface area contributed by atoms with Crippen LogP contribution in [0.3, 0.4) is 0 Å². The summed E-state index contributed by atoms with van der Waals surface area (Å²) in [4.78, 5) is 39.7. The molecule has 3 aromatic rings. The average molecular weight is 492 g/mol. The topological polar surface area (TPSA) is 101 Å². The van der Waals surface area contributed by atoms with Gasteiger partial charge in [-0.3, -0.25) is 14.5 Å². The van der Waals surface area contributed by atoms with Gasteiger partial charge in [0.05, 0.1) is 7.11 Å². The first kappa shape index (κ1) is 25.3. The Balaban J connectivity index is 1.69. The Bertz CT molecular complexity index is 1370. The lowest BCUT2D eigenvalue weighted by molar-refractivity contribution is -0.129. The van der Waals surface area contributed by atoms with Crippen molar-refractivity contribution in [2.45, 2.75) is 51.1 Å². The number of amides is 2. The average Bonchev–Trinajstić information content (AvgIpc) is 3.62. The van der Waals surface area contributed by atoms with Crippen molar-refractivity contribution in [2.75, 3.05) is 13.7 Å². The number of pyridine rings is 1. The van der Waals surface area contributed by atoms with E-state index in [0.717, 1.165) is 22.2 Å². The van der Waals surface area contributed by atoms with Crippen LogP contribution >= 0.6 is 0 Å². The number of nitrogens with one attached hydrogen (secondary N) is 1. The molecule has 1 heterocycles. The van der Waals surface area contributed by atoms with Gasteiger partial charge in [-0.1, -0.05) is 30.3 Å². The van der Waals surface area contributed by atoms with Crippen LogP contribution in [0, 0.1) is 0 Å². The zero-order valence-corrected chi connectivity index (χ0v) is 21.4. The van der Waals surface area contributed by atoms with Crippen molar-refractivity contribution >= 4 is 22.8 Å². The predicted octanol–water partition coefficient (Wildman–Crippen LogP) is 4.18. The fraction of sp³-hybridized carbons (Fsp3) is 0.393. The lowest BCUT2D eigenvalue weighted by Crippen LogP contribution is -2.58. The Morgan fingerprint density at radius 2 is 1.78 bits per heavy atom. The molecule has 1 aliphatic carbocycles. The number of carbonyl (C=O) groups excluding carboxylic acids is 1. The van der Waals surface area contributed by atoms with Crippen LogP contribution in [0.5, 0.6) is 5.75 Å². The number of rotatable bonds is 7. The lowest BCUT2D eigenvalue weighted by atomic mass is 9.95. The van der Waals surface area contributed by atoms with Gasteiger partial charge in [0, 0.05) is 47.6 Å². The van der Waals surface area contributed by atoms with Gasteiger partial charge in [-0.05, 0) is 57.4 Å². The van der Waals surface area contributed by atoms with Crippen molar-refractivity contribution in [1.82, 2.24) is 14.8 Å². The summed E-state index contributed by atoms with van der Waals surface area (Å²) in [5.74, 6) is 0.354. The quantitative estimate of drug-likeness (QED) is 0.516. The Kier molecular flexibility index (Phi) is 6.56. The van der Waals surface area contributed by atoms with Crippen molar-refractivity contribution < 1.29 is 19.4 Å². The van der Waals surface area contributed by atoms with Crippen LogP contribution in [-0.2, 0) is 18.3 Å². The monoisotopic (exact) mass is 491 g/mol. The van der Waals surface area contributed by atoms with Gasteiger partial charge in [0.25, 0.3) is 5.56 Å². The Morgan fingerprint density at radius 1 is 1.11 bits per heavy atom. The van der Waals surface area contributed by atoms with E-state index in [2.05, 4.69) is 5.32 Å². The van der Waals surface area contributed by atoms with Gasteiger partial charge in [0.1, 0.15) is 11.3 Å². The van der Waals surface area contributed by atoms with E-state index in [1.165, 1.54) is 4.90 Å². The van der Waals surface area contributed by atoms with Crippen LogP contribution in [-0.4, -0.2) is 51.3 Å². The second-order valence-electron chi connectivity index (χ2n) is 10.3. The number of hydrogen-bond acceptors (Lipinski definition) is 4. The standard InChI is InChI=1S/C28H33N3O5/c1-27(2,3)31(26(34)35)28(14-15-28)25(33)29-16-13-22-23(18-9-7-6-8-10-18)21-17-19(36-5)11-12-20(21)24(32)30(22)4/h6-12,17H,13-16H2,1-5H3,(H,29,33)(H,34,35). The molecule has 0 saturated heterocycles. The summed E-state index contributed by atoms with van der Waals surface area (Å²) < 4.78 is 7.06. The van der Waals surface area contributed by atoms with E-state index in [1.54, 1.807) is 51.6 Å². The highest BCUT2D eigenvalue weighted by Gasteiger charge is 2.59. The molecule has 0 atom stereocenters. The maximum absolute atomic E-state index is 13.2. The van der Waals surface area contributed by atoms with Gasteiger partial charge in [-0.25, -0.2) is 4.79 Å². The van der Waals surface area contributed by atoms with Crippen LogP contribution in [0.1, 0.15) is 39.3 Å². The molecule has 8 heteroatoms. The van der Waals surface area contributed by atoms with E-state index < -0.39 is 17.2 Å². The summed E-state index contributed by atoms with van der Waals surface area (Å²) in [5.41, 5.74) is 0.760. The van der Waals surface area contributed by atoms with E-state index in [1.807, 2.05) is 36.4 Å². The molecule has 190 valence electrons. The number of methoxy groups -OCH3 is 1. The molecule has 0 spiro atoms. The van der Waals surface area contributed by atoms with Crippen LogP contribution in [0.2, 0.25) is 0 Å². The molecule has 8 nitrogen and oxygen atoms in total. The number of fused-ring (bicyclic) bond motifs is 1. The van der Waals surface area contributed by atoms with Gasteiger partial charge in [0.2, 0.25) is 5.91 Å². The predicted molar refractivity (Wildman–Crippen MR) is 139 cm³/mol. The molecule has 1 aliphatic rings. The molecule has 1 aromatic heterocycles. The first-order valence-corrected chi connectivity index (χ1v) is 12.1. The number of benzene rings is 2. The second-order valence-corrected chi connectivity index (χ2v) is 10.3. The van der Waals surface area contributed by atoms with E-state index in [4.69, 9.17) is 4.74 Å². The number of nitrogens with zero attached hydrogens (tertiary/aromatic N) is 2. The minimum Gasteiger partial charge on any atom is -0.497 e. The van der Waals surface area contributed by atoms with Crippen molar-refractivity contribution in [3.63, 3.8) is 0 Å². The maximum Gasteiger partial charge on any atom is 0.408 e. The molecule has 0 radical (unpaired) electrons. The molecule has 36 heavy (non-hydrogen) atoms. The number of hydrogen-bond donors (Lipinski definition) is 2. The summed E-state index contributed by atoms with van der Waals surface area (Å²) >= 11 is 0. The van der Waals surface area contributed by atoms with Crippen LogP contribution in [0.4, 0.5) is 4.79 Å². The zero-order valence-electron chi connectivity index (χ0n) is 21.4. The fourth-order valence-corrected chi connectivity index (χ4v) is 5.13. The minimum atomic E-state index is -1.10. The van der Waals surface area contributed by atoms with Crippen molar-refractivity contribution in [3.8, 4) is 16.9 Å². The molecular formula is C28H33N3O5. The van der Waals surface area contributed by atoms with Gasteiger partial charge >= 0.3 is 6.09 Å². The smallest absolute Gasteiger partial charge is 0.408 e. The van der Waals surface area contributed by atoms with Crippen LogP contribution in [0.15, 0.2) is 53.3 Å². The molecule has 2 amide bonds. The van der Waals surface area contributed by atoms with E-state index in [-0.39, 0.29) is 18.0 Å². The highest BCUT2D eigenvalue weighted by molar-refractivity contribution is 5.98. The van der Waals surface area contributed by atoms with Crippen molar-refractivity contribution in [1.29, 1.82) is 0 Å².